The van der Waals surface area contributed by atoms with Crippen LogP contribution in [0, 0.1) is 0 Å². The number of rotatable bonds is 10. The van der Waals surface area contributed by atoms with Gasteiger partial charge in [-0.2, -0.15) is 0 Å². The minimum Gasteiger partial charge on any atom is -0.396 e. The number of hydrogen-bond acceptors (Lipinski definition) is 5. The maximum atomic E-state index is 8.80. The van der Waals surface area contributed by atoms with Crippen LogP contribution in [0.15, 0.2) is 0 Å². The molecule has 0 spiro atoms. The van der Waals surface area contributed by atoms with Crippen LogP contribution in [0.3, 0.4) is 0 Å². The van der Waals surface area contributed by atoms with Crippen molar-refractivity contribution in [3.8, 4) is 0 Å². The average Bonchev–Trinajstić information content (AvgIpc) is 2.33. The van der Waals surface area contributed by atoms with E-state index in [0.29, 0.717) is 19.0 Å². The molecule has 0 heterocycles. The van der Waals surface area contributed by atoms with E-state index < -0.39 is 0 Å². The molecule has 0 aromatic carbocycles. The van der Waals surface area contributed by atoms with Gasteiger partial charge in [0.2, 0.25) is 0 Å². The van der Waals surface area contributed by atoms with Gasteiger partial charge < -0.3 is 25.6 Å². The van der Waals surface area contributed by atoms with Crippen LogP contribution in [0.1, 0.15) is 33.1 Å². The molecule has 5 nitrogen and oxygen atoms in total. The molecule has 0 rings (SSSR count). The van der Waals surface area contributed by atoms with Gasteiger partial charge in [-0.05, 0) is 26.7 Å². The highest BCUT2D eigenvalue weighted by Crippen LogP contribution is 2.15. The lowest BCUT2D eigenvalue weighted by Crippen LogP contribution is -2.54. The fourth-order valence-electron chi connectivity index (χ4n) is 1.90. The van der Waals surface area contributed by atoms with E-state index in [0.717, 1.165) is 12.8 Å². The van der Waals surface area contributed by atoms with Crippen molar-refractivity contribution in [3.63, 3.8) is 0 Å². The summed E-state index contributed by atoms with van der Waals surface area (Å²) < 4.78 is 10.4. The Bertz CT molecular complexity index is 189. The summed E-state index contributed by atoms with van der Waals surface area (Å²) in [5, 5.41) is 12.3. The van der Waals surface area contributed by atoms with Crippen molar-refractivity contribution in [2.75, 3.05) is 27.4 Å². The predicted octanol–water partition coefficient (Wildman–Crippen LogP) is 0.463. The van der Waals surface area contributed by atoms with Crippen molar-refractivity contribution in [3.05, 3.63) is 0 Å². The fourth-order valence-corrected chi connectivity index (χ4v) is 1.90. The van der Waals surface area contributed by atoms with Gasteiger partial charge in [0.1, 0.15) is 0 Å². The van der Waals surface area contributed by atoms with Gasteiger partial charge in [0.05, 0.1) is 0 Å². The monoisotopic (exact) mass is 248 g/mol. The van der Waals surface area contributed by atoms with Gasteiger partial charge in [0.15, 0.2) is 6.29 Å². The van der Waals surface area contributed by atoms with Crippen molar-refractivity contribution in [2.45, 2.75) is 51.0 Å². The molecule has 17 heavy (non-hydrogen) atoms. The van der Waals surface area contributed by atoms with Gasteiger partial charge in [-0.25, -0.2) is 0 Å². The Hall–Kier alpha value is -0.200. The highest BCUT2D eigenvalue weighted by molar-refractivity contribution is 4.87. The van der Waals surface area contributed by atoms with E-state index in [1.807, 2.05) is 0 Å². The third-order valence-corrected chi connectivity index (χ3v) is 2.98. The molecule has 0 saturated carbocycles. The molecule has 2 unspecified atom stereocenters. The molecule has 2 atom stereocenters. The van der Waals surface area contributed by atoms with Crippen LogP contribution in [0.25, 0.3) is 0 Å². The second-order valence-corrected chi connectivity index (χ2v) is 4.78. The number of aliphatic hydroxyl groups excluding tert-OH is 1. The zero-order chi connectivity index (χ0) is 13.3. The zero-order valence-electron chi connectivity index (χ0n) is 11.5. The Labute approximate surface area is 105 Å². The van der Waals surface area contributed by atoms with Crippen molar-refractivity contribution >= 4 is 0 Å². The summed E-state index contributed by atoms with van der Waals surface area (Å²) >= 11 is 0. The van der Waals surface area contributed by atoms with E-state index in [-0.39, 0.29) is 18.4 Å². The lowest BCUT2D eigenvalue weighted by molar-refractivity contribution is -0.117. The summed E-state index contributed by atoms with van der Waals surface area (Å²) in [6.45, 7) is 4.90. The summed E-state index contributed by atoms with van der Waals surface area (Å²) in [7, 11) is 3.25. The minimum absolute atomic E-state index is 0.217. The molecule has 0 fully saturated rings. The Morgan fingerprint density at radius 3 is 2.35 bits per heavy atom. The number of nitrogens with one attached hydrogen (secondary N) is 1. The summed E-state index contributed by atoms with van der Waals surface area (Å²) in [5.41, 5.74) is 5.60. The Kier molecular flexibility index (Phi) is 8.72. The fraction of sp³-hybridized carbons (Fsp3) is 1.00. The first kappa shape index (κ1) is 16.8. The number of nitrogens with two attached hydrogens (primary N) is 1. The highest BCUT2D eigenvalue weighted by atomic mass is 16.7. The molecule has 5 heteroatoms. The Morgan fingerprint density at radius 1 is 1.35 bits per heavy atom. The smallest absolute Gasteiger partial charge is 0.158 e. The number of aliphatic hydroxyl groups is 1. The molecular weight excluding hydrogens is 220 g/mol. The predicted molar refractivity (Wildman–Crippen MR) is 68.8 cm³/mol. The lowest BCUT2D eigenvalue weighted by atomic mass is 9.95. The maximum absolute atomic E-state index is 8.80. The average molecular weight is 248 g/mol. The van der Waals surface area contributed by atoms with Gasteiger partial charge in [0, 0.05) is 45.4 Å². The standard InChI is InChI=1S/C12H28N2O3/c1-10(6-5-7-15)14-12(2,9-13)8-11(16-3)17-4/h10-11,14-15H,5-9,13H2,1-4H3. The highest BCUT2D eigenvalue weighted by Gasteiger charge is 2.28. The topological polar surface area (TPSA) is 76.7 Å². The molecule has 0 aromatic heterocycles. The zero-order valence-corrected chi connectivity index (χ0v) is 11.5. The molecule has 0 radical (unpaired) electrons. The van der Waals surface area contributed by atoms with E-state index >= 15 is 0 Å². The van der Waals surface area contributed by atoms with E-state index in [4.69, 9.17) is 20.3 Å². The van der Waals surface area contributed by atoms with Crippen LogP contribution in [-0.2, 0) is 9.47 Å². The van der Waals surface area contributed by atoms with Gasteiger partial charge in [-0.1, -0.05) is 0 Å². The van der Waals surface area contributed by atoms with Crippen LogP contribution < -0.4 is 11.1 Å². The van der Waals surface area contributed by atoms with Crippen LogP contribution in [-0.4, -0.2) is 50.3 Å². The first-order valence-electron chi connectivity index (χ1n) is 6.15. The van der Waals surface area contributed by atoms with Gasteiger partial charge in [-0.15, -0.1) is 0 Å². The third-order valence-electron chi connectivity index (χ3n) is 2.98. The summed E-state index contributed by atoms with van der Waals surface area (Å²) in [4.78, 5) is 0. The van der Waals surface area contributed by atoms with E-state index in [1.165, 1.54) is 0 Å². The van der Waals surface area contributed by atoms with Crippen molar-refractivity contribution in [1.82, 2.24) is 5.32 Å². The second kappa shape index (κ2) is 8.83. The molecule has 0 bridgehead atoms. The first-order chi connectivity index (χ1) is 8.01. The molecule has 0 aromatic rings. The van der Waals surface area contributed by atoms with Crippen molar-refractivity contribution < 1.29 is 14.6 Å². The van der Waals surface area contributed by atoms with Crippen LogP contribution in [0.5, 0.6) is 0 Å². The van der Waals surface area contributed by atoms with Crippen LogP contribution >= 0.6 is 0 Å². The molecule has 0 aliphatic carbocycles. The van der Waals surface area contributed by atoms with Crippen LogP contribution in [0.2, 0.25) is 0 Å². The van der Waals surface area contributed by atoms with Crippen LogP contribution in [0.4, 0.5) is 0 Å². The summed E-state index contributed by atoms with van der Waals surface area (Å²) in [5.74, 6) is 0. The molecule has 4 N–H and O–H groups in total. The summed E-state index contributed by atoms with van der Waals surface area (Å²) in [6, 6.07) is 0.310. The quantitative estimate of drug-likeness (QED) is 0.490. The number of methoxy groups -OCH3 is 2. The Balaban J connectivity index is 4.24. The van der Waals surface area contributed by atoms with E-state index in [1.54, 1.807) is 14.2 Å². The van der Waals surface area contributed by atoms with Gasteiger partial charge in [0.25, 0.3) is 0 Å². The third kappa shape index (κ3) is 6.95. The second-order valence-electron chi connectivity index (χ2n) is 4.78. The first-order valence-corrected chi connectivity index (χ1v) is 6.15. The minimum atomic E-state index is -0.249. The molecule has 104 valence electrons. The number of ether oxygens (including phenoxy) is 2. The van der Waals surface area contributed by atoms with E-state index in [9.17, 15) is 0 Å². The normalized spacial score (nSPS) is 17.1. The van der Waals surface area contributed by atoms with Crippen molar-refractivity contribution in [1.29, 1.82) is 0 Å². The summed E-state index contributed by atoms with van der Waals surface area (Å²) in [6.07, 6.45) is 2.17. The van der Waals surface area contributed by atoms with Crippen molar-refractivity contribution in [2.24, 2.45) is 5.73 Å². The van der Waals surface area contributed by atoms with Gasteiger partial charge in [-0.3, -0.25) is 0 Å². The number of hydrogen-bond donors (Lipinski definition) is 3. The SMILES string of the molecule is COC(CC(C)(CN)NC(C)CCCO)OC. The lowest BCUT2D eigenvalue weighted by Gasteiger charge is -2.35. The molecular formula is C12H28N2O3. The molecule has 0 saturated heterocycles. The molecule has 0 aliphatic heterocycles. The molecule has 0 aliphatic rings. The molecule has 0 amide bonds. The van der Waals surface area contributed by atoms with Gasteiger partial charge >= 0.3 is 0 Å². The van der Waals surface area contributed by atoms with E-state index in [2.05, 4.69) is 19.2 Å². The Morgan fingerprint density at radius 2 is 1.94 bits per heavy atom. The largest absolute Gasteiger partial charge is 0.396 e. The maximum Gasteiger partial charge on any atom is 0.158 e.